The molecule has 0 fully saturated rings. The van der Waals surface area contributed by atoms with Gasteiger partial charge in [0.1, 0.15) is 5.82 Å². The quantitative estimate of drug-likeness (QED) is 0.598. The van der Waals surface area contributed by atoms with Crippen LogP contribution in [0.2, 0.25) is 0 Å². The maximum atomic E-state index is 13.3. The van der Waals surface area contributed by atoms with E-state index in [-0.39, 0.29) is 0 Å². The van der Waals surface area contributed by atoms with E-state index in [2.05, 4.69) is 0 Å². The summed E-state index contributed by atoms with van der Waals surface area (Å²) < 4.78 is 26.3. The Morgan fingerprint density at radius 3 is 2.44 bits per heavy atom. The Kier molecular flexibility index (Phi) is 3.14. The summed E-state index contributed by atoms with van der Waals surface area (Å²) in [5.74, 6) is -4.96. The molecule has 0 aliphatic heterocycles. The molecule has 0 saturated carbocycles. The summed E-state index contributed by atoms with van der Waals surface area (Å²) in [6, 6.07) is 1.06. The minimum atomic E-state index is -2.49. The van der Waals surface area contributed by atoms with Crippen molar-refractivity contribution in [2.24, 2.45) is 0 Å². The highest BCUT2D eigenvalue weighted by Gasteiger charge is 2.29. The Bertz CT molecular complexity index is 462. The van der Waals surface area contributed by atoms with Crippen LogP contribution in [-0.2, 0) is 4.79 Å². The van der Waals surface area contributed by atoms with Crippen LogP contribution in [0.1, 0.15) is 11.7 Å². The first-order chi connectivity index (χ1) is 7.36. The summed E-state index contributed by atoms with van der Waals surface area (Å²) in [4.78, 5) is 19.5. The second kappa shape index (κ2) is 4.19. The van der Waals surface area contributed by atoms with Crippen LogP contribution < -0.4 is 0 Å². The fraction of sp³-hybridized carbons (Fsp3) is 0.125. The zero-order chi connectivity index (χ0) is 12.5. The maximum Gasteiger partial charge on any atom is 0.337 e. The molecule has 0 radical (unpaired) electrons. The fourth-order valence-corrected chi connectivity index (χ4v) is 1.07. The Balaban J connectivity index is 3.43. The molecule has 0 amide bonds. The molecule has 8 heteroatoms. The summed E-state index contributed by atoms with van der Waals surface area (Å²) in [5.41, 5.74) is -2.35. The molecule has 0 bridgehead atoms. The van der Waals surface area contributed by atoms with Gasteiger partial charge < -0.3 is 10.2 Å². The van der Waals surface area contributed by atoms with E-state index in [1.54, 1.807) is 0 Å². The Morgan fingerprint density at radius 1 is 1.44 bits per heavy atom. The molecule has 0 aliphatic carbocycles. The number of nitrogens with zero attached hydrogens (tertiary/aromatic N) is 1. The number of nitro groups is 1. The zero-order valence-corrected chi connectivity index (χ0v) is 7.55. The van der Waals surface area contributed by atoms with E-state index >= 15 is 0 Å². The van der Waals surface area contributed by atoms with E-state index in [0.29, 0.717) is 12.1 Å². The van der Waals surface area contributed by atoms with Gasteiger partial charge in [-0.15, -0.1) is 0 Å². The number of aliphatic carboxylic acids is 1. The van der Waals surface area contributed by atoms with Crippen LogP contribution in [0.3, 0.4) is 0 Å². The standard InChI is InChI=1S/C8H5F2NO5/c9-3-1-2-4(11(15)16)6(10)5(3)7(12)8(13)14/h1-2,7,12H,(H,13,14). The lowest BCUT2D eigenvalue weighted by Gasteiger charge is -2.08. The minimum Gasteiger partial charge on any atom is -0.479 e. The molecule has 1 aromatic carbocycles. The van der Waals surface area contributed by atoms with Crippen molar-refractivity contribution in [1.82, 2.24) is 0 Å². The average Bonchev–Trinajstić information content (AvgIpc) is 2.16. The fourth-order valence-electron chi connectivity index (χ4n) is 1.07. The van der Waals surface area contributed by atoms with Crippen LogP contribution in [0.5, 0.6) is 0 Å². The van der Waals surface area contributed by atoms with Crippen molar-refractivity contribution in [1.29, 1.82) is 0 Å². The van der Waals surface area contributed by atoms with Crippen molar-refractivity contribution >= 4 is 11.7 Å². The van der Waals surface area contributed by atoms with Crippen LogP contribution in [-0.4, -0.2) is 21.1 Å². The molecule has 0 heterocycles. The van der Waals surface area contributed by atoms with Crippen LogP contribution >= 0.6 is 0 Å². The van der Waals surface area contributed by atoms with Crippen molar-refractivity contribution < 1.29 is 28.7 Å². The maximum absolute atomic E-state index is 13.3. The summed E-state index contributed by atoms with van der Waals surface area (Å²) >= 11 is 0. The molecule has 0 spiro atoms. The summed E-state index contributed by atoms with van der Waals surface area (Å²) in [5, 5.41) is 27.6. The molecular formula is C8H5F2NO5. The molecule has 1 unspecified atom stereocenters. The van der Waals surface area contributed by atoms with Gasteiger partial charge in [0.2, 0.25) is 5.82 Å². The predicted octanol–water partition coefficient (Wildman–Crippen LogP) is 0.991. The molecule has 1 aromatic rings. The van der Waals surface area contributed by atoms with Gasteiger partial charge in [-0.3, -0.25) is 10.1 Å². The van der Waals surface area contributed by atoms with E-state index in [1.807, 2.05) is 0 Å². The average molecular weight is 233 g/mol. The van der Waals surface area contributed by atoms with Gasteiger partial charge in [0.15, 0.2) is 6.10 Å². The summed E-state index contributed by atoms with van der Waals surface area (Å²) in [6.07, 6.45) is -2.49. The monoisotopic (exact) mass is 233 g/mol. The topological polar surface area (TPSA) is 101 Å². The molecule has 2 N–H and O–H groups in total. The molecule has 0 saturated heterocycles. The first-order valence-electron chi connectivity index (χ1n) is 3.89. The number of hydrogen-bond acceptors (Lipinski definition) is 4. The Hall–Kier alpha value is -2.09. The van der Waals surface area contributed by atoms with Gasteiger partial charge in [0, 0.05) is 6.07 Å². The van der Waals surface area contributed by atoms with E-state index in [0.717, 1.165) is 0 Å². The number of carboxylic acid groups (broad SMARTS) is 1. The lowest BCUT2D eigenvalue weighted by Crippen LogP contribution is -2.15. The molecule has 16 heavy (non-hydrogen) atoms. The lowest BCUT2D eigenvalue weighted by atomic mass is 10.1. The van der Waals surface area contributed by atoms with Crippen LogP contribution in [0.15, 0.2) is 12.1 Å². The van der Waals surface area contributed by atoms with Gasteiger partial charge in [-0.2, -0.15) is 4.39 Å². The van der Waals surface area contributed by atoms with Gasteiger partial charge in [-0.25, -0.2) is 9.18 Å². The number of hydrogen-bond donors (Lipinski definition) is 2. The number of carbonyl (C=O) groups is 1. The highest BCUT2D eigenvalue weighted by Crippen LogP contribution is 2.27. The van der Waals surface area contributed by atoms with Gasteiger partial charge in [0.05, 0.1) is 10.5 Å². The normalized spacial score (nSPS) is 12.2. The first kappa shape index (κ1) is 12.0. The molecule has 1 atom stereocenters. The van der Waals surface area contributed by atoms with Crippen molar-refractivity contribution in [3.8, 4) is 0 Å². The number of benzene rings is 1. The van der Waals surface area contributed by atoms with Gasteiger partial charge in [-0.05, 0) is 6.07 Å². The third-order valence-corrected chi connectivity index (χ3v) is 1.81. The molecular weight excluding hydrogens is 228 g/mol. The number of nitro benzene ring substituents is 1. The van der Waals surface area contributed by atoms with Crippen LogP contribution in [0, 0.1) is 21.7 Å². The highest BCUT2D eigenvalue weighted by molar-refractivity contribution is 5.74. The second-order valence-corrected chi connectivity index (χ2v) is 2.79. The number of aliphatic hydroxyl groups excluding tert-OH is 1. The van der Waals surface area contributed by atoms with Crippen molar-refractivity contribution in [2.75, 3.05) is 0 Å². The lowest BCUT2D eigenvalue weighted by molar-refractivity contribution is -0.387. The largest absolute Gasteiger partial charge is 0.479 e. The third-order valence-electron chi connectivity index (χ3n) is 1.81. The molecule has 1 rings (SSSR count). The first-order valence-corrected chi connectivity index (χ1v) is 3.89. The highest BCUT2D eigenvalue weighted by atomic mass is 19.1. The molecule has 0 aromatic heterocycles. The van der Waals surface area contributed by atoms with E-state index in [4.69, 9.17) is 10.2 Å². The SMILES string of the molecule is O=C(O)C(O)c1c(F)ccc([N+](=O)[O-])c1F. The zero-order valence-electron chi connectivity index (χ0n) is 7.55. The second-order valence-electron chi connectivity index (χ2n) is 2.79. The minimum absolute atomic E-state index is 0.517. The number of carboxylic acids is 1. The summed E-state index contributed by atoms with van der Waals surface area (Å²) in [6.45, 7) is 0. The predicted molar refractivity (Wildman–Crippen MR) is 45.6 cm³/mol. The molecule has 86 valence electrons. The van der Waals surface area contributed by atoms with E-state index in [1.165, 1.54) is 0 Å². The van der Waals surface area contributed by atoms with Gasteiger partial charge >= 0.3 is 11.7 Å². The molecule has 0 aliphatic rings. The van der Waals surface area contributed by atoms with Crippen LogP contribution in [0.25, 0.3) is 0 Å². The number of halogens is 2. The van der Waals surface area contributed by atoms with E-state index in [9.17, 15) is 23.7 Å². The number of rotatable bonds is 3. The third kappa shape index (κ3) is 1.96. The Labute approximate surface area is 86.9 Å². The van der Waals surface area contributed by atoms with Crippen molar-refractivity contribution in [3.63, 3.8) is 0 Å². The summed E-state index contributed by atoms with van der Waals surface area (Å²) in [7, 11) is 0. The molecule has 6 nitrogen and oxygen atoms in total. The Morgan fingerprint density at radius 2 is 2.00 bits per heavy atom. The smallest absolute Gasteiger partial charge is 0.337 e. The van der Waals surface area contributed by atoms with Gasteiger partial charge in [-0.1, -0.05) is 0 Å². The van der Waals surface area contributed by atoms with Crippen molar-refractivity contribution in [3.05, 3.63) is 39.4 Å². The van der Waals surface area contributed by atoms with Gasteiger partial charge in [0.25, 0.3) is 0 Å². The van der Waals surface area contributed by atoms with Crippen LogP contribution in [0.4, 0.5) is 14.5 Å². The van der Waals surface area contributed by atoms with E-state index < -0.39 is 39.9 Å². The van der Waals surface area contributed by atoms with Crippen molar-refractivity contribution in [2.45, 2.75) is 6.10 Å². The number of aliphatic hydroxyl groups is 1.